The van der Waals surface area contributed by atoms with E-state index in [4.69, 9.17) is 15.9 Å². The first-order chi connectivity index (χ1) is 8.63. The number of imidazole rings is 1. The zero-order chi connectivity index (χ0) is 13.1. The van der Waals surface area contributed by atoms with Gasteiger partial charge in [0.25, 0.3) is 5.56 Å². The third-order valence-corrected chi connectivity index (χ3v) is 2.71. The standard InChI is InChI=1S/C10H15N5O3/c11-10-14-8-7(9(18)15-10)12-6(13-8)3-5(4-17)1-2-16/h5,16-17H,1-4H2,(H4,11,12,13,14,15,18). The highest BCUT2D eigenvalue weighted by Gasteiger charge is 2.13. The number of nitrogens with two attached hydrogens (primary N) is 1. The maximum atomic E-state index is 11.6. The molecule has 0 spiro atoms. The van der Waals surface area contributed by atoms with Crippen LogP contribution in [-0.4, -0.2) is 43.4 Å². The molecule has 0 bridgehead atoms. The fraction of sp³-hybridized carbons (Fsp3) is 0.500. The van der Waals surface area contributed by atoms with E-state index in [1.165, 1.54) is 0 Å². The number of aliphatic hydroxyl groups excluding tert-OH is 2. The highest BCUT2D eigenvalue weighted by Crippen LogP contribution is 2.11. The van der Waals surface area contributed by atoms with Crippen LogP contribution in [0.25, 0.3) is 11.2 Å². The second-order valence-electron chi connectivity index (χ2n) is 4.10. The fourth-order valence-corrected chi connectivity index (χ4v) is 1.78. The molecule has 98 valence electrons. The molecule has 18 heavy (non-hydrogen) atoms. The lowest BCUT2D eigenvalue weighted by molar-refractivity contribution is 0.182. The van der Waals surface area contributed by atoms with Crippen LogP contribution in [0.4, 0.5) is 5.95 Å². The van der Waals surface area contributed by atoms with Crippen molar-refractivity contribution in [2.75, 3.05) is 18.9 Å². The maximum absolute atomic E-state index is 11.6. The van der Waals surface area contributed by atoms with Crippen LogP contribution in [-0.2, 0) is 6.42 Å². The Bertz CT molecular complexity index is 591. The Balaban J connectivity index is 2.30. The minimum Gasteiger partial charge on any atom is -0.396 e. The molecule has 0 aliphatic carbocycles. The number of fused-ring (bicyclic) bond motifs is 1. The molecule has 0 amide bonds. The van der Waals surface area contributed by atoms with Crippen molar-refractivity contribution in [1.29, 1.82) is 0 Å². The number of H-pyrrole nitrogens is 2. The summed E-state index contributed by atoms with van der Waals surface area (Å²) in [6.45, 7) is -0.0548. The summed E-state index contributed by atoms with van der Waals surface area (Å²) in [5.41, 5.74) is 5.56. The second kappa shape index (κ2) is 5.15. The van der Waals surface area contributed by atoms with E-state index in [1.807, 2.05) is 0 Å². The molecule has 0 aromatic carbocycles. The number of nitrogens with one attached hydrogen (secondary N) is 2. The van der Waals surface area contributed by atoms with E-state index >= 15 is 0 Å². The molecule has 0 fully saturated rings. The van der Waals surface area contributed by atoms with Crippen molar-refractivity contribution in [3.63, 3.8) is 0 Å². The van der Waals surface area contributed by atoms with Crippen LogP contribution in [0.5, 0.6) is 0 Å². The van der Waals surface area contributed by atoms with E-state index in [1.54, 1.807) is 0 Å². The van der Waals surface area contributed by atoms with Crippen molar-refractivity contribution >= 4 is 17.1 Å². The minimum absolute atomic E-state index is 0.00274. The average molecular weight is 253 g/mol. The van der Waals surface area contributed by atoms with Crippen LogP contribution >= 0.6 is 0 Å². The average Bonchev–Trinajstić information content (AvgIpc) is 2.71. The molecule has 6 N–H and O–H groups in total. The molecule has 2 rings (SSSR count). The van der Waals surface area contributed by atoms with E-state index in [0.717, 1.165) is 0 Å². The van der Waals surface area contributed by atoms with E-state index in [2.05, 4.69) is 19.9 Å². The zero-order valence-electron chi connectivity index (χ0n) is 9.68. The number of aliphatic hydroxyl groups is 2. The maximum Gasteiger partial charge on any atom is 0.278 e. The van der Waals surface area contributed by atoms with Gasteiger partial charge in [-0.3, -0.25) is 9.78 Å². The number of hydrogen-bond acceptors (Lipinski definition) is 6. The molecule has 0 radical (unpaired) electrons. The molecule has 0 saturated heterocycles. The number of aromatic amines is 2. The molecule has 2 aromatic heterocycles. The molecule has 2 aromatic rings. The highest BCUT2D eigenvalue weighted by molar-refractivity contribution is 5.70. The molecule has 8 heteroatoms. The summed E-state index contributed by atoms with van der Waals surface area (Å²) in [6, 6.07) is 0. The van der Waals surface area contributed by atoms with Gasteiger partial charge in [-0.15, -0.1) is 0 Å². The first kappa shape index (κ1) is 12.5. The Kier molecular flexibility index (Phi) is 3.58. The topological polar surface area (TPSA) is 141 Å². The van der Waals surface area contributed by atoms with E-state index in [0.29, 0.717) is 18.7 Å². The number of nitrogen functional groups attached to an aromatic ring is 1. The van der Waals surface area contributed by atoms with Gasteiger partial charge in [-0.25, -0.2) is 4.98 Å². The number of rotatable bonds is 5. The van der Waals surface area contributed by atoms with Gasteiger partial charge in [-0.1, -0.05) is 0 Å². The monoisotopic (exact) mass is 253 g/mol. The van der Waals surface area contributed by atoms with Crippen molar-refractivity contribution in [2.24, 2.45) is 5.92 Å². The Morgan fingerprint density at radius 1 is 1.28 bits per heavy atom. The normalized spacial score (nSPS) is 13.0. The largest absolute Gasteiger partial charge is 0.396 e. The Hall–Kier alpha value is -1.93. The van der Waals surface area contributed by atoms with Gasteiger partial charge in [0.2, 0.25) is 5.95 Å². The van der Waals surface area contributed by atoms with Crippen LogP contribution in [0, 0.1) is 5.92 Å². The van der Waals surface area contributed by atoms with Gasteiger partial charge >= 0.3 is 0 Å². The summed E-state index contributed by atoms with van der Waals surface area (Å²) in [7, 11) is 0. The molecule has 0 aliphatic rings. The van der Waals surface area contributed by atoms with Crippen molar-refractivity contribution in [2.45, 2.75) is 12.8 Å². The predicted octanol–water partition coefficient (Wildman–Crippen LogP) is -1.24. The van der Waals surface area contributed by atoms with Crippen LogP contribution in [0.3, 0.4) is 0 Å². The van der Waals surface area contributed by atoms with Crippen molar-refractivity contribution in [1.82, 2.24) is 19.9 Å². The first-order valence-electron chi connectivity index (χ1n) is 5.60. The van der Waals surface area contributed by atoms with E-state index < -0.39 is 0 Å². The lowest BCUT2D eigenvalue weighted by atomic mass is 10.0. The Morgan fingerprint density at radius 2 is 2.06 bits per heavy atom. The van der Waals surface area contributed by atoms with E-state index in [-0.39, 0.29) is 41.8 Å². The van der Waals surface area contributed by atoms with E-state index in [9.17, 15) is 4.79 Å². The van der Waals surface area contributed by atoms with Gasteiger partial charge in [0.05, 0.1) is 0 Å². The van der Waals surface area contributed by atoms with Gasteiger partial charge in [-0.05, 0) is 12.3 Å². The number of anilines is 1. The molecular formula is C10H15N5O3. The molecule has 1 unspecified atom stereocenters. The molecule has 1 atom stereocenters. The SMILES string of the molecule is Nc1nc2nc(CC(CO)CCO)[nH]c2c(=O)[nH]1. The van der Waals surface area contributed by atoms with Gasteiger partial charge in [0.1, 0.15) is 5.82 Å². The summed E-state index contributed by atoms with van der Waals surface area (Å²) in [4.78, 5) is 24.8. The highest BCUT2D eigenvalue weighted by atomic mass is 16.3. The van der Waals surface area contributed by atoms with Gasteiger partial charge in [0, 0.05) is 19.6 Å². The second-order valence-corrected chi connectivity index (χ2v) is 4.10. The third-order valence-electron chi connectivity index (χ3n) is 2.71. The summed E-state index contributed by atoms with van der Waals surface area (Å²) >= 11 is 0. The van der Waals surface area contributed by atoms with Crippen molar-refractivity contribution in [3.8, 4) is 0 Å². The molecule has 8 nitrogen and oxygen atoms in total. The molecule has 2 heterocycles. The lowest BCUT2D eigenvalue weighted by Crippen LogP contribution is -2.12. The fourth-order valence-electron chi connectivity index (χ4n) is 1.78. The molecule has 0 aliphatic heterocycles. The Labute approximate surface area is 102 Å². The van der Waals surface area contributed by atoms with Crippen LogP contribution < -0.4 is 11.3 Å². The summed E-state index contributed by atoms with van der Waals surface area (Å²) in [6.07, 6.45) is 0.909. The van der Waals surface area contributed by atoms with Crippen molar-refractivity contribution < 1.29 is 10.2 Å². The third kappa shape index (κ3) is 2.49. The number of aromatic nitrogens is 4. The number of nitrogens with zero attached hydrogens (tertiary/aromatic N) is 2. The number of hydrogen-bond donors (Lipinski definition) is 5. The van der Waals surface area contributed by atoms with Gasteiger partial charge < -0.3 is 20.9 Å². The summed E-state index contributed by atoms with van der Waals surface area (Å²) < 4.78 is 0. The summed E-state index contributed by atoms with van der Waals surface area (Å²) in [5.74, 6) is 0.452. The predicted molar refractivity (Wildman–Crippen MR) is 64.9 cm³/mol. The quantitative estimate of drug-likeness (QED) is 0.451. The Morgan fingerprint density at radius 3 is 2.72 bits per heavy atom. The van der Waals surface area contributed by atoms with Gasteiger partial charge in [0.15, 0.2) is 11.2 Å². The van der Waals surface area contributed by atoms with Crippen LogP contribution in [0.15, 0.2) is 4.79 Å². The smallest absolute Gasteiger partial charge is 0.278 e. The lowest BCUT2D eigenvalue weighted by Gasteiger charge is -2.09. The van der Waals surface area contributed by atoms with Crippen LogP contribution in [0.2, 0.25) is 0 Å². The minimum atomic E-state index is -0.376. The van der Waals surface area contributed by atoms with Gasteiger partial charge in [-0.2, -0.15) is 4.98 Å². The zero-order valence-corrected chi connectivity index (χ0v) is 9.68. The van der Waals surface area contributed by atoms with Crippen molar-refractivity contribution in [3.05, 3.63) is 16.2 Å². The molecule has 0 saturated carbocycles. The van der Waals surface area contributed by atoms with Crippen LogP contribution in [0.1, 0.15) is 12.2 Å². The summed E-state index contributed by atoms with van der Waals surface area (Å²) in [5, 5.41) is 18.0. The molecular weight excluding hydrogens is 238 g/mol. The first-order valence-corrected chi connectivity index (χ1v) is 5.60.